The molecule has 32 heavy (non-hydrogen) atoms. The number of thioether (sulfide) groups is 1. The average molecular weight is 468 g/mol. The molecule has 1 atom stereocenters. The molecule has 4 rings (SSSR count). The molecule has 2 aromatic carbocycles. The van der Waals surface area contributed by atoms with Gasteiger partial charge in [0, 0.05) is 23.1 Å². The van der Waals surface area contributed by atoms with Crippen molar-refractivity contribution in [1.82, 2.24) is 15.2 Å². The molecule has 0 spiro atoms. The van der Waals surface area contributed by atoms with E-state index in [2.05, 4.69) is 10.3 Å². The van der Waals surface area contributed by atoms with Gasteiger partial charge >= 0.3 is 0 Å². The van der Waals surface area contributed by atoms with Crippen molar-refractivity contribution in [3.63, 3.8) is 0 Å². The van der Waals surface area contributed by atoms with E-state index in [1.165, 1.54) is 0 Å². The molecule has 0 unspecified atom stereocenters. The Morgan fingerprint density at radius 2 is 1.94 bits per heavy atom. The first-order valence-corrected chi connectivity index (χ1v) is 12.4. The number of hydrogen-bond acceptors (Lipinski definition) is 6. The summed E-state index contributed by atoms with van der Waals surface area (Å²) in [5, 5.41) is 5.86. The first-order valence-electron chi connectivity index (χ1n) is 10.4. The summed E-state index contributed by atoms with van der Waals surface area (Å²) in [6.07, 6.45) is 1.02. The Kier molecular flexibility index (Phi) is 7.44. The van der Waals surface area contributed by atoms with Crippen LogP contribution in [0.5, 0.6) is 5.75 Å². The van der Waals surface area contributed by atoms with Crippen LogP contribution in [0.4, 0.5) is 0 Å². The smallest absolute Gasteiger partial charge is 0.244 e. The van der Waals surface area contributed by atoms with Crippen LogP contribution in [0.15, 0.2) is 60.0 Å². The molecule has 166 valence electrons. The van der Waals surface area contributed by atoms with Crippen LogP contribution >= 0.6 is 23.1 Å². The fraction of sp³-hybridized carbons (Fsp3) is 0.292. The van der Waals surface area contributed by atoms with Crippen molar-refractivity contribution in [2.24, 2.45) is 0 Å². The summed E-state index contributed by atoms with van der Waals surface area (Å²) in [5.41, 5.74) is 2.96. The van der Waals surface area contributed by atoms with E-state index >= 15 is 0 Å². The van der Waals surface area contributed by atoms with E-state index in [-0.39, 0.29) is 11.8 Å². The van der Waals surface area contributed by atoms with Gasteiger partial charge in [-0.25, -0.2) is 4.98 Å². The van der Waals surface area contributed by atoms with Crippen molar-refractivity contribution in [2.45, 2.75) is 25.4 Å². The highest BCUT2D eigenvalue weighted by molar-refractivity contribution is 7.99. The number of hydrogen-bond donors (Lipinski definition) is 1. The van der Waals surface area contributed by atoms with E-state index in [9.17, 15) is 9.59 Å². The minimum atomic E-state index is -0.435. The molecule has 1 aliphatic heterocycles. The monoisotopic (exact) mass is 467 g/mol. The highest BCUT2D eigenvalue weighted by Gasteiger charge is 2.34. The van der Waals surface area contributed by atoms with Crippen molar-refractivity contribution in [3.05, 3.63) is 71.2 Å². The van der Waals surface area contributed by atoms with Crippen LogP contribution in [-0.4, -0.2) is 46.5 Å². The number of carbonyl (C=O) groups is 2. The molecule has 1 N–H and O–H groups in total. The maximum absolute atomic E-state index is 12.8. The van der Waals surface area contributed by atoms with Crippen molar-refractivity contribution < 1.29 is 14.3 Å². The summed E-state index contributed by atoms with van der Waals surface area (Å²) in [6.45, 7) is 0.358. The third-order valence-corrected chi connectivity index (χ3v) is 7.26. The number of ether oxygens (including phenoxy) is 1. The minimum absolute atomic E-state index is 0.00555. The van der Waals surface area contributed by atoms with E-state index in [0.29, 0.717) is 31.0 Å². The lowest BCUT2D eigenvalue weighted by molar-refractivity contribution is -0.138. The topological polar surface area (TPSA) is 71.5 Å². The second kappa shape index (κ2) is 10.7. The largest absolute Gasteiger partial charge is 0.497 e. The van der Waals surface area contributed by atoms with Crippen LogP contribution in [-0.2, 0) is 22.6 Å². The molecule has 0 saturated carbocycles. The van der Waals surface area contributed by atoms with Crippen LogP contribution in [0.3, 0.4) is 0 Å². The summed E-state index contributed by atoms with van der Waals surface area (Å²) >= 11 is 3.17. The van der Waals surface area contributed by atoms with E-state index in [0.717, 1.165) is 27.6 Å². The fourth-order valence-electron chi connectivity index (χ4n) is 3.49. The standard InChI is InChI=1S/C24H25N3O3S2/c1-30-20-10-7-17(8-11-20)9-12-22(28)27-16-31-15-21(27)23(29)25-13-19-14-32-24(26-19)18-5-3-2-4-6-18/h2-8,10-11,14,21H,9,12-13,15-16H2,1H3,(H,25,29)/t21-/m1/s1. The Morgan fingerprint density at radius 1 is 1.16 bits per heavy atom. The summed E-state index contributed by atoms with van der Waals surface area (Å²) < 4.78 is 5.17. The molecule has 1 fully saturated rings. The maximum atomic E-state index is 12.8. The molecule has 2 heterocycles. The predicted octanol–water partition coefficient (Wildman–Crippen LogP) is 3.97. The Balaban J connectivity index is 1.29. The van der Waals surface area contributed by atoms with E-state index in [4.69, 9.17) is 4.74 Å². The van der Waals surface area contributed by atoms with Crippen molar-refractivity contribution in [3.8, 4) is 16.3 Å². The van der Waals surface area contributed by atoms with Crippen molar-refractivity contribution in [2.75, 3.05) is 18.7 Å². The van der Waals surface area contributed by atoms with Crippen LogP contribution < -0.4 is 10.1 Å². The number of thiazole rings is 1. The van der Waals surface area contributed by atoms with Gasteiger partial charge in [-0.3, -0.25) is 9.59 Å². The number of amides is 2. The number of aryl methyl sites for hydroxylation is 1. The zero-order valence-electron chi connectivity index (χ0n) is 17.8. The van der Waals surface area contributed by atoms with Crippen LogP contribution in [0.25, 0.3) is 10.6 Å². The lowest BCUT2D eigenvalue weighted by Gasteiger charge is -2.23. The Hall–Kier alpha value is -2.84. The van der Waals surface area contributed by atoms with Crippen molar-refractivity contribution in [1.29, 1.82) is 0 Å². The van der Waals surface area contributed by atoms with Gasteiger partial charge < -0.3 is 15.0 Å². The first kappa shape index (κ1) is 22.4. The summed E-state index contributed by atoms with van der Waals surface area (Å²) in [6, 6.07) is 17.3. The SMILES string of the molecule is COc1ccc(CCC(=O)N2CSC[C@@H]2C(=O)NCc2csc(-c3ccccc3)n2)cc1. The Bertz CT molecular complexity index is 1050. The molecule has 2 amide bonds. The highest BCUT2D eigenvalue weighted by Crippen LogP contribution is 2.25. The zero-order chi connectivity index (χ0) is 22.3. The molecule has 1 aliphatic rings. The van der Waals surface area contributed by atoms with Gasteiger partial charge in [-0.2, -0.15) is 0 Å². The normalized spacial score (nSPS) is 15.5. The summed E-state index contributed by atoms with van der Waals surface area (Å²) in [4.78, 5) is 31.9. The molecule has 1 saturated heterocycles. The van der Waals surface area contributed by atoms with E-state index < -0.39 is 6.04 Å². The Morgan fingerprint density at radius 3 is 2.69 bits per heavy atom. The number of rotatable bonds is 8. The molecule has 6 nitrogen and oxygen atoms in total. The van der Waals surface area contributed by atoms with Crippen LogP contribution in [0.1, 0.15) is 17.7 Å². The fourth-order valence-corrected chi connectivity index (χ4v) is 5.50. The van der Waals surface area contributed by atoms with Crippen LogP contribution in [0.2, 0.25) is 0 Å². The van der Waals surface area contributed by atoms with E-state index in [1.54, 1.807) is 35.1 Å². The maximum Gasteiger partial charge on any atom is 0.244 e. The average Bonchev–Trinajstić information content (AvgIpc) is 3.52. The number of nitrogens with zero attached hydrogens (tertiary/aromatic N) is 2. The first-order chi connectivity index (χ1) is 15.6. The summed E-state index contributed by atoms with van der Waals surface area (Å²) in [5.74, 6) is 1.85. The second-order valence-electron chi connectivity index (χ2n) is 7.46. The number of methoxy groups -OCH3 is 1. The Labute approximate surface area is 196 Å². The number of carbonyl (C=O) groups excluding carboxylic acids is 2. The van der Waals surface area contributed by atoms with Crippen molar-refractivity contribution >= 4 is 34.9 Å². The molecule has 8 heteroatoms. The number of aromatic nitrogens is 1. The molecule has 3 aromatic rings. The molecular weight excluding hydrogens is 442 g/mol. The lowest BCUT2D eigenvalue weighted by Crippen LogP contribution is -2.47. The molecule has 1 aromatic heterocycles. The van der Waals surface area contributed by atoms with Gasteiger partial charge in [0.15, 0.2) is 0 Å². The molecule has 0 bridgehead atoms. The number of benzene rings is 2. The van der Waals surface area contributed by atoms with Gasteiger partial charge in [-0.05, 0) is 24.1 Å². The van der Waals surface area contributed by atoms with Crippen LogP contribution in [0, 0.1) is 0 Å². The molecule has 0 radical (unpaired) electrons. The van der Waals surface area contributed by atoms with Gasteiger partial charge in [0.2, 0.25) is 11.8 Å². The highest BCUT2D eigenvalue weighted by atomic mass is 32.2. The quantitative estimate of drug-likeness (QED) is 0.543. The van der Waals surface area contributed by atoms with Gasteiger partial charge in [0.05, 0.1) is 25.2 Å². The molecule has 0 aliphatic carbocycles. The molecular formula is C24H25N3O3S2. The van der Waals surface area contributed by atoms with Gasteiger partial charge in [-0.1, -0.05) is 42.5 Å². The zero-order valence-corrected chi connectivity index (χ0v) is 19.5. The predicted molar refractivity (Wildman–Crippen MR) is 129 cm³/mol. The second-order valence-corrected chi connectivity index (χ2v) is 9.31. The van der Waals surface area contributed by atoms with Gasteiger partial charge in [0.25, 0.3) is 0 Å². The van der Waals surface area contributed by atoms with E-state index in [1.807, 2.05) is 60.0 Å². The summed E-state index contributed by atoms with van der Waals surface area (Å²) in [7, 11) is 1.63. The third-order valence-electron chi connectivity index (χ3n) is 5.31. The third kappa shape index (κ3) is 5.49. The number of nitrogens with one attached hydrogen (secondary N) is 1. The minimum Gasteiger partial charge on any atom is -0.497 e. The van der Waals surface area contributed by atoms with Gasteiger partial charge in [0.1, 0.15) is 16.8 Å². The lowest BCUT2D eigenvalue weighted by atomic mass is 10.1. The van der Waals surface area contributed by atoms with Gasteiger partial charge in [-0.15, -0.1) is 23.1 Å².